The van der Waals surface area contributed by atoms with Crippen LogP contribution in [-0.4, -0.2) is 6.17 Å². The molecule has 0 spiro atoms. The lowest BCUT2D eigenvalue weighted by molar-refractivity contribution is 0.0429. The molecule has 24 heavy (non-hydrogen) atoms. The molecule has 0 radical (unpaired) electrons. The van der Waals surface area contributed by atoms with Crippen LogP contribution in [0.3, 0.4) is 0 Å². The fraction of sp³-hybridized carbons (Fsp3) is 0.913. The van der Waals surface area contributed by atoms with Crippen LogP contribution in [0.5, 0.6) is 0 Å². The van der Waals surface area contributed by atoms with Crippen LogP contribution >= 0.6 is 0 Å². The molecule has 1 heteroatoms. The molecule has 2 rings (SSSR count). The van der Waals surface area contributed by atoms with E-state index in [9.17, 15) is 4.39 Å². The van der Waals surface area contributed by atoms with Crippen LogP contribution in [-0.2, 0) is 0 Å². The van der Waals surface area contributed by atoms with Crippen molar-refractivity contribution in [1.29, 1.82) is 0 Å². The van der Waals surface area contributed by atoms with Gasteiger partial charge in [-0.15, -0.1) is 6.58 Å². The minimum Gasteiger partial charge on any atom is -0.247 e. The Bertz CT molecular complexity index is 353. The van der Waals surface area contributed by atoms with Crippen molar-refractivity contribution in [2.45, 2.75) is 97.6 Å². The molecule has 0 nitrogen and oxygen atoms in total. The lowest BCUT2D eigenvalue weighted by Crippen LogP contribution is -2.35. The maximum absolute atomic E-state index is 14.9. The summed E-state index contributed by atoms with van der Waals surface area (Å²) in [6.07, 6.45) is 15.1. The van der Waals surface area contributed by atoms with Crippen molar-refractivity contribution in [2.75, 3.05) is 0 Å². The van der Waals surface area contributed by atoms with E-state index in [0.717, 1.165) is 31.1 Å². The van der Waals surface area contributed by atoms with E-state index in [1.54, 1.807) is 0 Å². The van der Waals surface area contributed by atoms with Crippen molar-refractivity contribution in [1.82, 2.24) is 0 Å². The zero-order chi connectivity index (χ0) is 17.5. The maximum Gasteiger partial charge on any atom is 0.103 e. The van der Waals surface area contributed by atoms with Crippen LogP contribution in [0.15, 0.2) is 12.7 Å². The van der Waals surface area contributed by atoms with E-state index >= 15 is 0 Å². The number of hydrogen-bond acceptors (Lipinski definition) is 0. The first-order chi connectivity index (χ1) is 11.5. The molecule has 2 saturated carbocycles. The third kappa shape index (κ3) is 5.88. The minimum atomic E-state index is -0.528. The average molecular weight is 337 g/mol. The predicted molar refractivity (Wildman–Crippen MR) is 104 cm³/mol. The summed E-state index contributed by atoms with van der Waals surface area (Å²) in [5.41, 5.74) is 0. The van der Waals surface area contributed by atoms with Crippen LogP contribution in [0, 0.1) is 35.5 Å². The highest BCUT2D eigenvalue weighted by Gasteiger charge is 2.38. The SMILES string of the molecule is C=CCCC1CCC(C2CCC(C(C)CCC(C)C)CC2F)CC1. The molecule has 2 aliphatic rings. The predicted octanol–water partition coefficient (Wildman–Crippen LogP) is 7.59. The molecule has 0 heterocycles. The lowest BCUT2D eigenvalue weighted by atomic mass is 9.66. The van der Waals surface area contributed by atoms with E-state index in [-0.39, 0.29) is 0 Å². The van der Waals surface area contributed by atoms with E-state index in [1.165, 1.54) is 51.4 Å². The first kappa shape index (κ1) is 20.0. The van der Waals surface area contributed by atoms with E-state index in [0.29, 0.717) is 23.7 Å². The van der Waals surface area contributed by atoms with Crippen molar-refractivity contribution in [2.24, 2.45) is 35.5 Å². The molecular formula is C23H41F. The standard InChI is InChI=1S/C23H41F/c1-5-6-7-19-10-12-20(13-11-19)22-15-14-21(16-23(22)24)18(4)9-8-17(2)3/h5,17-23H,1,6-16H2,2-4H3. The van der Waals surface area contributed by atoms with Gasteiger partial charge in [-0.2, -0.15) is 0 Å². The molecule has 0 aliphatic heterocycles. The van der Waals surface area contributed by atoms with Gasteiger partial charge in [-0.25, -0.2) is 4.39 Å². The molecule has 0 bridgehead atoms. The van der Waals surface area contributed by atoms with Gasteiger partial charge < -0.3 is 0 Å². The highest BCUT2D eigenvalue weighted by molar-refractivity contribution is 4.88. The van der Waals surface area contributed by atoms with Crippen molar-refractivity contribution in [3.05, 3.63) is 12.7 Å². The molecule has 0 amide bonds. The van der Waals surface area contributed by atoms with Gasteiger partial charge in [0, 0.05) is 0 Å². The quantitative estimate of drug-likeness (QED) is 0.401. The summed E-state index contributed by atoms with van der Waals surface area (Å²) in [4.78, 5) is 0. The molecule has 140 valence electrons. The lowest BCUT2D eigenvalue weighted by Gasteiger charge is -2.41. The number of allylic oxidation sites excluding steroid dienone is 1. The zero-order valence-corrected chi connectivity index (χ0v) is 16.5. The Morgan fingerprint density at radius 2 is 1.71 bits per heavy atom. The average Bonchev–Trinajstić information content (AvgIpc) is 2.58. The third-order valence-electron chi connectivity index (χ3n) is 7.14. The zero-order valence-electron chi connectivity index (χ0n) is 16.5. The number of halogens is 1. The first-order valence-corrected chi connectivity index (χ1v) is 10.8. The summed E-state index contributed by atoms with van der Waals surface area (Å²) in [5, 5.41) is 0. The van der Waals surface area contributed by atoms with Crippen molar-refractivity contribution in [3.8, 4) is 0 Å². The van der Waals surface area contributed by atoms with E-state index in [4.69, 9.17) is 0 Å². The molecule has 0 aromatic rings. The molecule has 2 fully saturated rings. The Hall–Kier alpha value is -0.330. The molecule has 0 aromatic heterocycles. The van der Waals surface area contributed by atoms with Crippen LogP contribution in [0.1, 0.15) is 91.4 Å². The maximum atomic E-state index is 14.9. The van der Waals surface area contributed by atoms with E-state index < -0.39 is 6.17 Å². The van der Waals surface area contributed by atoms with Crippen molar-refractivity contribution in [3.63, 3.8) is 0 Å². The molecule has 0 saturated heterocycles. The molecule has 2 aliphatic carbocycles. The van der Waals surface area contributed by atoms with E-state index in [1.807, 2.05) is 6.08 Å². The van der Waals surface area contributed by atoms with E-state index in [2.05, 4.69) is 27.4 Å². The van der Waals surface area contributed by atoms with Gasteiger partial charge in [-0.05, 0) is 80.5 Å². The van der Waals surface area contributed by atoms with Crippen molar-refractivity contribution < 1.29 is 4.39 Å². The molecular weight excluding hydrogens is 295 g/mol. The van der Waals surface area contributed by atoms with Crippen molar-refractivity contribution >= 4 is 0 Å². The summed E-state index contributed by atoms with van der Waals surface area (Å²) < 4.78 is 14.9. The number of hydrogen-bond donors (Lipinski definition) is 0. The second kappa shape index (κ2) is 9.97. The monoisotopic (exact) mass is 336 g/mol. The van der Waals surface area contributed by atoms with Gasteiger partial charge >= 0.3 is 0 Å². The van der Waals surface area contributed by atoms with Crippen LogP contribution in [0.2, 0.25) is 0 Å². The second-order valence-corrected chi connectivity index (χ2v) is 9.35. The Labute approximate surface area is 150 Å². The minimum absolute atomic E-state index is 0.374. The number of alkyl halides is 1. The second-order valence-electron chi connectivity index (χ2n) is 9.35. The van der Waals surface area contributed by atoms with Gasteiger partial charge in [0.25, 0.3) is 0 Å². The van der Waals surface area contributed by atoms with Gasteiger partial charge in [0.2, 0.25) is 0 Å². The highest BCUT2D eigenvalue weighted by Crippen LogP contribution is 2.45. The fourth-order valence-electron chi connectivity index (χ4n) is 5.31. The largest absolute Gasteiger partial charge is 0.247 e. The van der Waals surface area contributed by atoms with Gasteiger partial charge in [0.05, 0.1) is 0 Å². The molecule has 4 atom stereocenters. The van der Waals surface area contributed by atoms with Gasteiger partial charge in [0.15, 0.2) is 0 Å². The highest BCUT2D eigenvalue weighted by atomic mass is 19.1. The summed E-state index contributed by atoms with van der Waals surface area (Å²) in [5.74, 6) is 4.05. The smallest absolute Gasteiger partial charge is 0.103 e. The summed E-state index contributed by atoms with van der Waals surface area (Å²) >= 11 is 0. The topological polar surface area (TPSA) is 0 Å². The fourth-order valence-corrected chi connectivity index (χ4v) is 5.31. The van der Waals surface area contributed by atoms with Gasteiger partial charge in [0.1, 0.15) is 6.17 Å². The van der Waals surface area contributed by atoms with Crippen LogP contribution < -0.4 is 0 Å². The number of rotatable bonds is 8. The Balaban J connectivity index is 1.74. The van der Waals surface area contributed by atoms with Crippen LogP contribution in [0.4, 0.5) is 4.39 Å². The molecule has 0 aromatic carbocycles. The Morgan fingerprint density at radius 3 is 2.29 bits per heavy atom. The summed E-state index contributed by atoms with van der Waals surface area (Å²) in [7, 11) is 0. The first-order valence-electron chi connectivity index (χ1n) is 10.8. The van der Waals surface area contributed by atoms with Gasteiger partial charge in [-0.1, -0.05) is 52.5 Å². The molecule has 4 unspecified atom stereocenters. The van der Waals surface area contributed by atoms with Gasteiger partial charge in [-0.3, -0.25) is 0 Å². The Morgan fingerprint density at radius 1 is 1.00 bits per heavy atom. The van der Waals surface area contributed by atoms with Crippen LogP contribution in [0.25, 0.3) is 0 Å². The summed E-state index contributed by atoms with van der Waals surface area (Å²) in [6.45, 7) is 10.8. The molecule has 0 N–H and O–H groups in total. The normalized spacial score (nSPS) is 35.8. The Kier molecular flexibility index (Phi) is 8.31. The summed E-state index contributed by atoms with van der Waals surface area (Å²) in [6, 6.07) is 0. The third-order valence-corrected chi connectivity index (χ3v) is 7.14.